The molecule has 2 saturated heterocycles. The molecule has 10 nitrogen and oxygen atoms in total. The van der Waals surface area contributed by atoms with Crippen molar-refractivity contribution in [3.8, 4) is 11.1 Å². The lowest BCUT2D eigenvalue weighted by atomic mass is 9.91. The summed E-state index contributed by atoms with van der Waals surface area (Å²) in [5.74, 6) is -0.0344. The van der Waals surface area contributed by atoms with Gasteiger partial charge < -0.3 is 20.4 Å². The van der Waals surface area contributed by atoms with Crippen LogP contribution in [0.25, 0.3) is 27.6 Å². The second-order valence-corrected chi connectivity index (χ2v) is 12.1. The van der Waals surface area contributed by atoms with Crippen LogP contribution in [0.3, 0.4) is 0 Å². The molecule has 0 unspecified atom stereocenters. The number of halogens is 1. The second-order valence-electron chi connectivity index (χ2n) is 11.7. The lowest BCUT2D eigenvalue weighted by molar-refractivity contribution is -0.127. The zero-order valence-electron chi connectivity index (χ0n) is 25.5. The molecule has 0 atom stereocenters. The van der Waals surface area contributed by atoms with Gasteiger partial charge in [-0.15, -0.1) is 0 Å². The average molecular weight is 615 g/mol. The molecule has 3 aliphatic rings. The third-order valence-corrected chi connectivity index (χ3v) is 9.46. The average Bonchev–Trinajstić information content (AvgIpc) is 3.61. The van der Waals surface area contributed by atoms with E-state index in [2.05, 4.69) is 38.6 Å². The fourth-order valence-corrected chi connectivity index (χ4v) is 6.62. The van der Waals surface area contributed by atoms with Gasteiger partial charge in [0.05, 0.1) is 34.6 Å². The van der Waals surface area contributed by atoms with Crippen molar-refractivity contribution in [2.45, 2.75) is 38.8 Å². The maximum absolute atomic E-state index is 12.2. The molecule has 6 rings (SSSR count). The lowest BCUT2D eigenvalue weighted by Gasteiger charge is -2.38. The third-order valence-electron chi connectivity index (χ3n) is 8.97. The molecular formula is C33H39ClN8O2. The van der Waals surface area contributed by atoms with Crippen LogP contribution >= 0.6 is 11.6 Å². The molecule has 0 spiro atoms. The standard InChI is InChI=1S/C33H39ClN8O2/c1-5-29(43)41-11-8-24(9-12-41)42-21(3)30(31-26-17-37-38-28(26)14-20(2)32(31)34)33(39-42)22-6-7-27(35)23(15-22)16-36-10-13-40-18-25(19-40)44-4/h5-7,14-17,24-25,35-36H,1,8-13,18-19H2,2-4H3,(H,37,38)/b23-16-,35-27?. The minimum atomic E-state index is -0.0344. The molecule has 2 fully saturated rings. The number of hydrogen-bond acceptors (Lipinski definition) is 7. The van der Waals surface area contributed by atoms with Gasteiger partial charge in [0.25, 0.3) is 0 Å². The summed E-state index contributed by atoms with van der Waals surface area (Å²) >= 11 is 7.07. The van der Waals surface area contributed by atoms with E-state index in [1.807, 2.05) is 48.5 Å². The van der Waals surface area contributed by atoms with Crippen molar-refractivity contribution in [3.05, 3.63) is 76.9 Å². The third kappa shape index (κ3) is 5.65. The first-order valence-electron chi connectivity index (χ1n) is 15.1. The maximum Gasteiger partial charge on any atom is 0.245 e. The number of allylic oxidation sites excluding steroid dienone is 5. The Morgan fingerprint density at radius 2 is 2.02 bits per heavy atom. The van der Waals surface area contributed by atoms with Crippen LogP contribution in [0.4, 0.5) is 0 Å². The van der Waals surface area contributed by atoms with Crippen LogP contribution in [-0.4, -0.2) is 93.9 Å². The minimum Gasteiger partial charge on any atom is -0.389 e. The number of amides is 1. The number of benzene rings is 1. The number of carbonyl (C=O) groups is 1. The zero-order valence-corrected chi connectivity index (χ0v) is 26.2. The first kappa shape index (κ1) is 30.1. The Bertz CT molecular complexity index is 1700. The van der Waals surface area contributed by atoms with E-state index >= 15 is 0 Å². The highest BCUT2D eigenvalue weighted by Gasteiger charge is 2.30. The van der Waals surface area contributed by atoms with Crippen molar-refractivity contribution in [2.75, 3.05) is 46.4 Å². The first-order chi connectivity index (χ1) is 21.3. The molecule has 3 N–H and O–H groups in total. The number of aromatic nitrogens is 4. The number of nitrogens with one attached hydrogen (secondary N) is 3. The normalized spacial score (nSPS) is 19.1. The van der Waals surface area contributed by atoms with Crippen LogP contribution in [-0.2, 0) is 9.53 Å². The minimum absolute atomic E-state index is 0.0344. The van der Waals surface area contributed by atoms with E-state index < -0.39 is 0 Å². The van der Waals surface area contributed by atoms with Crippen LogP contribution in [0.2, 0.25) is 5.02 Å². The van der Waals surface area contributed by atoms with Gasteiger partial charge in [0.2, 0.25) is 5.91 Å². The number of H-pyrrole nitrogens is 1. The van der Waals surface area contributed by atoms with E-state index in [1.165, 1.54) is 6.08 Å². The summed E-state index contributed by atoms with van der Waals surface area (Å²) in [7, 11) is 1.76. The van der Waals surface area contributed by atoms with E-state index in [1.54, 1.807) is 7.11 Å². The van der Waals surface area contributed by atoms with Crippen molar-refractivity contribution in [1.82, 2.24) is 35.1 Å². The summed E-state index contributed by atoms with van der Waals surface area (Å²) in [4.78, 5) is 16.4. The van der Waals surface area contributed by atoms with Crippen LogP contribution in [0.1, 0.15) is 35.8 Å². The maximum atomic E-state index is 12.2. The van der Waals surface area contributed by atoms with Gasteiger partial charge in [-0.3, -0.25) is 19.5 Å². The molecule has 0 radical (unpaired) electrons. The number of rotatable bonds is 9. The summed E-state index contributed by atoms with van der Waals surface area (Å²) in [6.07, 6.45) is 12.8. The molecule has 4 heterocycles. The topological polar surface area (TPSA) is 115 Å². The van der Waals surface area contributed by atoms with E-state index in [-0.39, 0.29) is 11.9 Å². The molecule has 0 bridgehead atoms. The Labute approximate surface area is 262 Å². The number of methoxy groups -OCH3 is 1. The molecule has 0 saturated carbocycles. The Morgan fingerprint density at radius 1 is 1.25 bits per heavy atom. The largest absolute Gasteiger partial charge is 0.389 e. The highest BCUT2D eigenvalue weighted by molar-refractivity contribution is 6.36. The van der Waals surface area contributed by atoms with Crippen molar-refractivity contribution >= 4 is 39.7 Å². The van der Waals surface area contributed by atoms with Crippen LogP contribution in [0, 0.1) is 19.3 Å². The summed E-state index contributed by atoms with van der Waals surface area (Å²) in [6.45, 7) is 12.7. The molecule has 2 aromatic heterocycles. The predicted molar refractivity (Wildman–Crippen MR) is 175 cm³/mol. The van der Waals surface area contributed by atoms with Gasteiger partial charge in [-0.1, -0.05) is 24.3 Å². The first-order valence-corrected chi connectivity index (χ1v) is 15.5. The van der Waals surface area contributed by atoms with Crippen LogP contribution in [0.15, 0.2) is 54.9 Å². The van der Waals surface area contributed by atoms with Gasteiger partial charge in [-0.2, -0.15) is 10.2 Å². The molecule has 11 heteroatoms. The smallest absolute Gasteiger partial charge is 0.245 e. The predicted octanol–water partition coefficient (Wildman–Crippen LogP) is 4.82. The van der Waals surface area contributed by atoms with Crippen LogP contribution in [0.5, 0.6) is 0 Å². The Kier molecular flexibility index (Phi) is 8.57. The highest BCUT2D eigenvalue weighted by Crippen LogP contribution is 2.44. The van der Waals surface area contributed by atoms with E-state index in [0.29, 0.717) is 29.9 Å². The number of aromatic amines is 1. The van der Waals surface area contributed by atoms with Crippen molar-refractivity contribution in [2.24, 2.45) is 0 Å². The van der Waals surface area contributed by atoms with Crippen molar-refractivity contribution in [3.63, 3.8) is 0 Å². The summed E-state index contributed by atoms with van der Waals surface area (Å²) < 4.78 is 7.48. The lowest BCUT2D eigenvalue weighted by Crippen LogP contribution is -2.53. The Hall–Kier alpha value is -3.99. The van der Waals surface area contributed by atoms with Gasteiger partial charge in [0.15, 0.2) is 0 Å². The van der Waals surface area contributed by atoms with Gasteiger partial charge in [0.1, 0.15) is 5.69 Å². The monoisotopic (exact) mass is 614 g/mol. The van der Waals surface area contributed by atoms with Crippen molar-refractivity contribution in [1.29, 1.82) is 5.41 Å². The van der Waals surface area contributed by atoms with E-state index in [9.17, 15) is 4.79 Å². The Morgan fingerprint density at radius 3 is 2.75 bits per heavy atom. The number of nitrogens with zero attached hydrogens (tertiary/aromatic N) is 5. The number of carbonyl (C=O) groups excluding carboxylic acids is 1. The number of ether oxygens (including phenoxy) is 1. The summed E-state index contributed by atoms with van der Waals surface area (Å²) in [5.41, 5.74) is 7.67. The number of fused-ring (bicyclic) bond motifs is 1. The van der Waals surface area contributed by atoms with E-state index in [0.717, 1.165) is 89.1 Å². The number of likely N-dealkylation sites (tertiary alicyclic amines) is 2. The number of hydrogen-bond donors (Lipinski definition) is 3. The molecule has 1 aliphatic carbocycles. The molecule has 1 amide bonds. The molecular weight excluding hydrogens is 576 g/mol. The molecule has 1 aromatic carbocycles. The number of piperidine rings is 1. The number of aryl methyl sites for hydroxylation is 1. The van der Waals surface area contributed by atoms with Crippen LogP contribution < -0.4 is 5.32 Å². The Balaban J connectivity index is 1.36. The van der Waals surface area contributed by atoms with Gasteiger partial charge in [-0.05, 0) is 56.5 Å². The van der Waals surface area contributed by atoms with E-state index in [4.69, 9.17) is 26.8 Å². The zero-order chi connectivity index (χ0) is 31.0. The van der Waals surface area contributed by atoms with Crippen molar-refractivity contribution < 1.29 is 9.53 Å². The quantitative estimate of drug-likeness (QED) is 0.235. The van der Waals surface area contributed by atoms with Gasteiger partial charge in [-0.25, -0.2) is 0 Å². The fourth-order valence-electron chi connectivity index (χ4n) is 6.37. The molecule has 230 valence electrons. The fraction of sp³-hybridized carbons (Fsp3) is 0.394. The molecule has 44 heavy (non-hydrogen) atoms. The van der Waals surface area contributed by atoms with Gasteiger partial charge in [0, 0.05) is 85.9 Å². The molecule has 2 aliphatic heterocycles. The molecule has 3 aromatic rings. The van der Waals surface area contributed by atoms with Gasteiger partial charge >= 0.3 is 0 Å². The SMILES string of the molecule is C=CC(=O)N1CCC(n2nc(C3=C/C(=C/NCCN4CC(OC)C4)C(=N)C=C3)c(-c3c(Cl)c(C)cc4[nH]ncc34)c2C)CC1. The second kappa shape index (κ2) is 12.6. The highest BCUT2D eigenvalue weighted by atomic mass is 35.5. The summed E-state index contributed by atoms with van der Waals surface area (Å²) in [5, 5.41) is 26.3. The summed E-state index contributed by atoms with van der Waals surface area (Å²) in [6, 6.07) is 2.14.